The van der Waals surface area contributed by atoms with Crippen LogP contribution in [0.5, 0.6) is 0 Å². The summed E-state index contributed by atoms with van der Waals surface area (Å²) in [5.41, 5.74) is 12.2. The minimum Gasteiger partial charge on any atom is -0.350 e. The zero-order valence-electron chi connectivity index (χ0n) is 12.3. The summed E-state index contributed by atoms with van der Waals surface area (Å²) in [6, 6.07) is 10.1. The Labute approximate surface area is 124 Å². The summed E-state index contributed by atoms with van der Waals surface area (Å²) in [5, 5.41) is 6.77. The first-order chi connectivity index (χ1) is 10.1. The molecule has 3 N–H and O–H groups in total. The van der Waals surface area contributed by atoms with Crippen LogP contribution < -0.4 is 11.2 Å². The average Bonchev–Trinajstić information content (AvgIpc) is 2.86. The van der Waals surface area contributed by atoms with Gasteiger partial charge in [-0.2, -0.15) is 5.10 Å². The van der Waals surface area contributed by atoms with Gasteiger partial charge in [-0.1, -0.05) is 44.2 Å². The first kappa shape index (κ1) is 13.6. The van der Waals surface area contributed by atoms with E-state index in [4.69, 9.17) is 5.73 Å². The van der Waals surface area contributed by atoms with Gasteiger partial charge in [-0.05, 0) is 40.7 Å². The average molecular weight is 281 g/mol. The van der Waals surface area contributed by atoms with Crippen LogP contribution in [-0.4, -0.2) is 11.7 Å². The third-order valence-electron chi connectivity index (χ3n) is 3.99. The number of carbonyl (C=O) groups excluding carboxylic acids is 1. The predicted octanol–water partition coefficient (Wildman–Crippen LogP) is 2.97. The Bertz CT molecular complexity index is 737. The quantitative estimate of drug-likeness (QED) is 0.659. The molecule has 0 heterocycles. The smallest absolute Gasteiger partial charge is 0.332 e. The van der Waals surface area contributed by atoms with Gasteiger partial charge in [0.05, 0.1) is 5.71 Å². The van der Waals surface area contributed by atoms with E-state index in [1.807, 2.05) is 0 Å². The summed E-state index contributed by atoms with van der Waals surface area (Å²) in [4.78, 5) is 10.9. The molecule has 108 valence electrons. The van der Waals surface area contributed by atoms with Crippen LogP contribution in [0.1, 0.15) is 30.5 Å². The van der Waals surface area contributed by atoms with Crippen molar-refractivity contribution in [3.05, 3.63) is 47.0 Å². The highest BCUT2D eigenvalue weighted by molar-refractivity contribution is 6.13. The molecule has 0 spiro atoms. The lowest BCUT2D eigenvalue weighted by atomic mass is 9.92. The number of carbonyl (C=O) groups is 1. The van der Waals surface area contributed by atoms with E-state index >= 15 is 0 Å². The van der Waals surface area contributed by atoms with E-state index in [0.717, 1.165) is 24.1 Å². The number of hydrogen-bond acceptors (Lipinski definition) is 2. The van der Waals surface area contributed by atoms with Gasteiger partial charge in [0.2, 0.25) is 0 Å². The highest BCUT2D eigenvalue weighted by Gasteiger charge is 2.19. The molecule has 0 saturated heterocycles. The molecule has 3 rings (SSSR count). The molecule has 1 aliphatic carbocycles. The predicted molar refractivity (Wildman–Crippen MR) is 85.5 cm³/mol. The zero-order valence-corrected chi connectivity index (χ0v) is 12.3. The van der Waals surface area contributed by atoms with Crippen LogP contribution in [0.2, 0.25) is 0 Å². The van der Waals surface area contributed by atoms with Crippen molar-refractivity contribution in [3.63, 3.8) is 0 Å². The third kappa shape index (κ3) is 2.37. The van der Waals surface area contributed by atoms with E-state index in [-0.39, 0.29) is 5.92 Å². The van der Waals surface area contributed by atoms with Crippen LogP contribution in [-0.2, 0) is 12.8 Å². The first-order valence-electron chi connectivity index (χ1n) is 7.25. The fourth-order valence-electron chi connectivity index (χ4n) is 3.09. The molecule has 2 amide bonds. The summed E-state index contributed by atoms with van der Waals surface area (Å²) in [7, 11) is 0. The van der Waals surface area contributed by atoms with Crippen LogP contribution in [0.3, 0.4) is 0 Å². The van der Waals surface area contributed by atoms with Crippen molar-refractivity contribution in [2.45, 2.75) is 26.7 Å². The number of primary amides is 1. The van der Waals surface area contributed by atoms with Crippen LogP contribution >= 0.6 is 0 Å². The Morgan fingerprint density at radius 3 is 2.57 bits per heavy atom. The number of rotatable bonds is 3. The molecule has 1 aliphatic rings. The number of urea groups is 1. The minimum atomic E-state index is -0.640. The van der Waals surface area contributed by atoms with E-state index in [9.17, 15) is 4.79 Å². The van der Waals surface area contributed by atoms with Crippen molar-refractivity contribution in [1.82, 2.24) is 5.43 Å². The number of nitrogens with zero attached hydrogens (tertiary/aromatic N) is 1. The number of hydrazone groups is 1. The third-order valence-corrected chi connectivity index (χ3v) is 3.99. The van der Waals surface area contributed by atoms with E-state index in [1.165, 1.54) is 21.9 Å². The molecule has 0 aromatic heterocycles. The second-order valence-corrected chi connectivity index (χ2v) is 5.74. The van der Waals surface area contributed by atoms with Crippen molar-refractivity contribution in [2.24, 2.45) is 16.8 Å². The molecule has 0 aliphatic heterocycles. The Kier molecular flexibility index (Phi) is 3.37. The maximum Gasteiger partial charge on any atom is 0.332 e. The molecule has 4 heteroatoms. The van der Waals surface area contributed by atoms with Crippen molar-refractivity contribution >= 4 is 22.5 Å². The van der Waals surface area contributed by atoms with Gasteiger partial charge in [0.25, 0.3) is 0 Å². The highest BCUT2D eigenvalue weighted by Crippen LogP contribution is 2.33. The van der Waals surface area contributed by atoms with Gasteiger partial charge in [0.1, 0.15) is 0 Å². The van der Waals surface area contributed by atoms with Crippen molar-refractivity contribution in [2.75, 3.05) is 0 Å². The highest BCUT2D eigenvalue weighted by atomic mass is 16.2. The molecule has 2 aromatic carbocycles. The van der Waals surface area contributed by atoms with Crippen LogP contribution in [0.4, 0.5) is 4.79 Å². The lowest BCUT2D eigenvalue weighted by molar-refractivity contribution is 0.249. The number of hydrogen-bond donors (Lipinski definition) is 2. The fourth-order valence-corrected chi connectivity index (χ4v) is 3.09. The van der Waals surface area contributed by atoms with Crippen LogP contribution in [0.25, 0.3) is 10.8 Å². The van der Waals surface area contributed by atoms with E-state index in [1.54, 1.807) is 0 Å². The van der Waals surface area contributed by atoms with Crippen LogP contribution in [0, 0.1) is 5.92 Å². The number of benzene rings is 2. The largest absolute Gasteiger partial charge is 0.350 e. The molecule has 0 saturated carbocycles. The number of amides is 2. The summed E-state index contributed by atoms with van der Waals surface area (Å²) < 4.78 is 0. The van der Waals surface area contributed by atoms with E-state index in [2.05, 4.69) is 54.7 Å². The summed E-state index contributed by atoms with van der Waals surface area (Å²) in [6.45, 7) is 4.12. The second-order valence-electron chi connectivity index (χ2n) is 5.74. The lowest BCUT2D eigenvalue weighted by Gasteiger charge is -2.14. The van der Waals surface area contributed by atoms with E-state index < -0.39 is 6.03 Å². The Balaban J connectivity index is 2.20. The Hall–Kier alpha value is -2.36. The molecule has 0 unspecified atom stereocenters. The number of nitrogens with one attached hydrogen (secondary N) is 1. The molecule has 2 aromatic rings. The molecular weight excluding hydrogens is 262 g/mol. The SMILES string of the molecule is CC(C)C(=NNC(N)=O)c1ccc2c3c(cccc13)CC2. The summed E-state index contributed by atoms with van der Waals surface area (Å²) in [6.07, 6.45) is 2.20. The van der Waals surface area contributed by atoms with Crippen molar-refractivity contribution in [1.29, 1.82) is 0 Å². The van der Waals surface area contributed by atoms with Gasteiger partial charge in [-0.25, -0.2) is 10.2 Å². The lowest BCUT2D eigenvalue weighted by Crippen LogP contribution is -2.27. The van der Waals surface area contributed by atoms with E-state index in [0.29, 0.717) is 0 Å². The normalized spacial score (nSPS) is 14.0. The standard InChI is InChI=1S/C17H19N3O/c1-10(2)16(19-20-17(18)21)14-9-8-12-7-6-11-4-3-5-13(14)15(11)12/h3-5,8-10H,6-7H2,1-2H3,(H3,18,20,21). The first-order valence-corrected chi connectivity index (χ1v) is 7.25. The topological polar surface area (TPSA) is 67.5 Å². The zero-order chi connectivity index (χ0) is 15.0. The number of nitrogens with two attached hydrogens (primary N) is 1. The van der Waals surface area contributed by atoms with Gasteiger partial charge in [-0.15, -0.1) is 0 Å². The Morgan fingerprint density at radius 2 is 1.90 bits per heavy atom. The maximum absolute atomic E-state index is 10.9. The molecular formula is C17H19N3O. The van der Waals surface area contributed by atoms with Gasteiger partial charge in [0.15, 0.2) is 0 Å². The monoisotopic (exact) mass is 281 g/mol. The minimum absolute atomic E-state index is 0.190. The summed E-state index contributed by atoms with van der Waals surface area (Å²) in [5.74, 6) is 0.190. The van der Waals surface area contributed by atoms with Crippen molar-refractivity contribution in [3.8, 4) is 0 Å². The molecule has 21 heavy (non-hydrogen) atoms. The number of aryl methyl sites for hydroxylation is 2. The van der Waals surface area contributed by atoms with Crippen molar-refractivity contribution < 1.29 is 4.79 Å². The van der Waals surface area contributed by atoms with Gasteiger partial charge >= 0.3 is 6.03 Å². The molecule has 0 fully saturated rings. The molecule has 0 atom stereocenters. The van der Waals surface area contributed by atoms with Gasteiger partial charge < -0.3 is 5.73 Å². The van der Waals surface area contributed by atoms with Gasteiger partial charge in [-0.3, -0.25) is 0 Å². The maximum atomic E-state index is 10.9. The fraction of sp³-hybridized carbons (Fsp3) is 0.294. The van der Waals surface area contributed by atoms with Crippen LogP contribution in [0.15, 0.2) is 35.4 Å². The van der Waals surface area contributed by atoms with Gasteiger partial charge in [0, 0.05) is 5.56 Å². The molecule has 0 radical (unpaired) electrons. The summed E-state index contributed by atoms with van der Waals surface area (Å²) >= 11 is 0. The molecule has 4 nitrogen and oxygen atoms in total. The molecule has 0 bridgehead atoms. The Morgan fingerprint density at radius 1 is 1.19 bits per heavy atom. The second kappa shape index (κ2) is 5.20.